The number of carboxylic acids is 1. The molecule has 0 aliphatic rings. The van der Waals surface area contributed by atoms with E-state index in [2.05, 4.69) is 10.2 Å². The number of aromatic nitrogens is 2. The van der Waals surface area contributed by atoms with Crippen LogP contribution in [-0.2, 0) is 0 Å². The predicted molar refractivity (Wildman–Crippen MR) is 63.9 cm³/mol. The van der Waals surface area contributed by atoms with Gasteiger partial charge in [-0.3, -0.25) is 5.10 Å². The summed E-state index contributed by atoms with van der Waals surface area (Å²) >= 11 is 0. The van der Waals surface area contributed by atoms with E-state index in [1.807, 2.05) is 0 Å². The van der Waals surface area contributed by atoms with Gasteiger partial charge in [0.1, 0.15) is 5.69 Å². The number of H-pyrrole nitrogens is 1. The van der Waals surface area contributed by atoms with E-state index in [9.17, 15) is 14.3 Å². The van der Waals surface area contributed by atoms with Crippen molar-refractivity contribution in [1.82, 2.24) is 10.2 Å². The summed E-state index contributed by atoms with van der Waals surface area (Å²) in [5.74, 6) is -2.51. The van der Waals surface area contributed by atoms with Crippen LogP contribution in [0.5, 0.6) is 11.5 Å². The number of benzene rings is 1. The van der Waals surface area contributed by atoms with E-state index in [0.29, 0.717) is 11.1 Å². The lowest BCUT2D eigenvalue weighted by molar-refractivity contribution is 0.0690. The molecule has 0 aliphatic heterocycles. The van der Waals surface area contributed by atoms with E-state index in [1.54, 1.807) is 6.92 Å². The molecule has 3 N–H and O–H groups in total. The number of phenolic OH excluding ortho intramolecular Hbond substituents is 1. The average Bonchev–Trinajstić information content (AvgIpc) is 2.84. The minimum atomic E-state index is -1.17. The highest BCUT2D eigenvalue weighted by atomic mass is 19.1. The standard InChI is InChI=1S/C12H11FN2O4/c1-5-6(3-7(13)11(19-2)10(5)16)8-4-9(12(17)18)15-14-8/h3-4,16H,1-2H3,(H,14,15)(H,17,18). The Morgan fingerprint density at radius 3 is 2.68 bits per heavy atom. The van der Waals surface area contributed by atoms with Crippen LogP contribution in [0.2, 0.25) is 0 Å². The molecule has 100 valence electrons. The number of carboxylic acid groups (broad SMARTS) is 1. The number of hydrogen-bond donors (Lipinski definition) is 3. The van der Waals surface area contributed by atoms with E-state index < -0.39 is 11.8 Å². The number of nitrogens with zero attached hydrogens (tertiary/aromatic N) is 1. The summed E-state index contributed by atoms with van der Waals surface area (Å²) in [6.07, 6.45) is 0. The first-order valence-electron chi connectivity index (χ1n) is 5.30. The van der Waals surface area contributed by atoms with Gasteiger partial charge in [0.05, 0.1) is 12.8 Å². The molecular weight excluding hydrogens is 255 g/mol. The number of rotatable bonds is 3. The zero-order valence-electron chi connectivity index (χ0n) is 10.2. The Labute approximate surface area is 107 Å². The van der Waals surface area contributed by atoms with Crippen LogP contribution in [0.15, 0.2) is 12.1 Å². The molecule has 2 rings (SSSR count). The highest BCUT2D eigenvalue weighted by Crippen LogP contribution is 2.38. The summed E-state index contributed by atoms with van der Waals surface area (Å²) in [4.78, 5) is 10.8. The number of ether oxygens (including phenoxy) is 1. The molecule has 2 aromatic rings. The second-order valence-electron chi connectivity index (χ2n) is 3.88. The van der Waals surface area contributed by atoms with Gasteiger partial charge in [-0.2, -0.15) is 5.10 Å². The maximum absolute atomic E-state index is 13.7. The molecule has 1 heterocycles. The van der Waals surface area contributed by atoms with Gasteiger partial charge in [-0.1, -0.05) is 0 Å². The van der Waals surface area contributed by atoms with Crippen molar-refractivity contribution in [1.29, 1.82) is 0 Å². The van der Waals surface area contributed by atoms with Gasteiger partial charge in [-0.15, -0.1) is 0 Å². The third-order valence-electron chi connectivity index (χ3n) is 2.75. The number of methoxy groups -OCH3 is 1. The number of aromatic amines is 1. The molecule has 1 aromatic heterocycles. The second-order valence-corrected chi connectivity index (χ2v) is 3.88. The number of carbonyl (C=O) groups is 1. The minimum Gasteiger partial charge on any atom is -0.504 e. The third kappa shape index (κ3) is 2.10. The molecule has 7 heteroatoms. The van der Waals surface area contributed by atoms with Crippen molar-refractivity contribution in [3.05, 3.63) is 29.2 Å². The summed E-state index contributed by atoms with van der Waals surface area (Å²) in [5.41, 5.74) is 0.748. The van der Waals surface area contributed by atoms with E-state index in [-0.39, 0.29) is 22.9 Å². The molecule has 0 amide bonds. The first-order valence-corrected chi connectivity index (χ1v) is 5.30. The van der Waals surface area contributed by atoms with E-state index >= 15 is 0 Å². The Balaban J connectivity index is 2.59. The lowest BCUT2D eigenvalue weighted by atomic mass is 10.0. The number of nitrogens with one attached hydrogen (secondary N) is 1. The number of hydrogen-bond acceptors (Lipinski definition) is 4. The molecule has 0 radical (unpaired) electrons. The molecule has 0 unspecified atom stereocenters. The number of aromatic carboxylic acids is 1. The van der Waals surface area contributed by atoms with Gasteiger partial charge in [-0.25, -0.2) is 9.18 Å². The van der Waals surface area contributed by atoms with Crippen molar-refractivity contribution in [2.75, 3.05) is 7.11 Å². The first-order chi connectivity index (χ1) is 8.95. The molecule has 6 nitrogen and oxygen atoms in total. The van der Waals surface area contributed by atoms with Gasteiger partial charge in [0.2, 0.25) is 0 Å². The normalized spacial score (nSPS) is 10.5. The fourth-order valence-electron chi connectivity index (χ4n) is 1.74. The Morgan fingerprint density at radius 2 is 2.16 bits per heavy atom. The van der Waals surface area contributed by atoms with E-state index in [0.717, 1.165) is 6.07 Å². The van der Waals surface area contributed by atoms with Crippen molar-refractivity contribution in [2.24, 2.45) is 0 Å². The monoisotopic (exact) mass is 266 g/mol. The summed E-state index contributed by atoms with van der Waals surface area (Å²) in [6, 6.07) is 2.39. The fourth-order valence-corrected chi connectivity index (χ4v) is 1.74. The molecule has 0 aliphatic carbocycles. The molecule has 0 saturated heterocycles. The smallest absolute Gasteiger partial charge is 0.353 e. The lowest BCUT2D eigenvalue weighted by Crippen LogP contribution is -1.95. The molecule has 0 bridgehead atoms. The van der Waals surface area contributed by atoms with Crippen LogP contribution in [0.3, 0.4) is 0 Å². The Kier molecular flexibility index (Phi) is 3.12. The first kappa shape index (κ1) is 12.9. The van der Waals surface area contributed by atoms with Gasteiger partial charge in [-0.05, 0) is 19.1 Å². The van der Waals surface area contributed by atoms with E-state index in [4.69, 9.17) is 9.84 Å². The molecule has 0 fully saturated rings. The van der Waals surface area contributed by atoms with Crippen LogP contribution in [0.1, 0.15) is 16.1 Å². The summed E-state index contributed by atoms with van der Waals surface area (Å²) in [6.45, 7) is 1.56. The largest absolute Gasteiger partial charge is 0.504 e. The summed E-state index contributed by atoms with van der Waals surface area (Å²) < 4.78 is 18.4. The molecule has 1 aromatic carbocycles. The maximum atomic E-state index is 13.7. The summed E-state index contributed by atoms with van der Waals surface area (Å²) in [5, 5.41) is 24.7. The molecule has 0 atom stereocenters. The van der Waals surface area contributed by atoms with Gasteiger partial charge in [0.25, 0.3) is 0 Å². The van der Waals surface area contributed by atoms with Crippen LogP contribution < -0.4 is 4.74 Å². The number of aromatic hydroxyl groups is 1. The Hall–Kier alpha value is -2.57. The van der Waals surface area contributed by atoms with Crippen LogP contribution in [-0.4, -0.2) is 33.5 Å². The topological polar surface area (TPSA) is 95.4 Å². The average molecular weight is 266 g/mol. The van der Waals surface area contributed by atoms with Crippen LogP contribution >= 0.6 is 0 Å². The summed E-state index contributed by atoms with van der Waals surface area (Å²) in [7, 11) is 1.24. The van der Waals surface area contributed by atoms with E-state index in [1.165, 1.54) is 13.2 Å². The van der Waals surface area contributed by atoms with Gasteiger partial charge < -0.3 is 14.9 Å². The van der Waals surface area contributed by atoms with Crippen molar-refractivity contribution < 1.29 is 24.1 Å². The van der Waals surface area contributed by atoms with Gasteiger partial charge in [0.15, 0.2) is 17.3 Å². The van der Waals surface area contributed by atoms with Crippen LogP contribution in [0.25, 0.3) is 11.3 Å². The van der Waals surface area contributed by atoms with Crippen molar-refractivity contribution in [3.63, 3.8) is 0 Å². The molecule has 0 saturated carbocycles. The SMILES string of the molecule is COc1c(F)cc(-c2cc(C(=O)O)[nH]n2)c(C)c1O. The zero-order chi connectivity index (χ0) is 14.2. The number of phenols is 1. The lowest BCUT2D eigenvalue weighted by Gasteiger charge is -2.10. The second kappa shape index (κ2) is 4.60. The Morgan fingerprint density at radius 1 is 1.47 bits per heavy atom. The predicted octanol–water partition coefficient (Wildman–Crippen LogP) is 1.94. The molecular formula is C12H11FN2O4. The fraction of sp³-hybridized carbons (Fsp3) is 0.167. The Bertz CT molecular complexity index is 651. The van der Waals surface area contributed by atoms with Crippen LogP contribution in [0, 0.1) is 12.7 Å². The van der Waals surface area contributed by atoms with Crippen LogP contribution in [0.4, 0.5) is 4.39 Å². The van der Waals surface area contributed by atoms with Crippen molar-refractivity contribution >= 4 is 5.97 Å². The van der Waals surface area contributed by atoms with Gasteiger partial charge >= 0.3 is 5.97 Å². The number of halogens is 1. The molecule has 19 heavy (non-hydrogen) atoms. The third-order valence-corrected chi connectivity index (χ3v) is 2.75. The zero-order valence-corrected chi connectivity index (χ0v) is 10.2. The highest BCUT2D eigenvalue weighted by Gasteiger charge is 2.19. The van der Waals surface area contributed by atoms with Gasteiger partial charge in [0, 0.05) is 11.1 Å². The minimum absolute atomic E-state index is 0.120. The quantitative estimate of drug-likeness (QED) is 0.789. The van der Waals surface area contributed by atoms with Crippen molar-refractivity contribution in [2.45, 2.75) is 6.92 Å². The highest BCUT2D eigenvalue weighted by molar-refractivity contribution is 5.87. The molecule has 0 spiro atoms. The maximum Gasteiger partial charge on any atom is 0.353 e. The van der Waals surface area contributed by atoms with Crippen molar-refractivity contribution in [3.8, 4) is 22.8 Å².